The van der Waals surface area contributed by atoms with E-state index in [1.54, 1.807) is 17.9 Å². The molecule has 5 heteroatoms. The summed E-state index contributed by atoms with van der Waals surface area (Å²) in [5.41, 5.74) is 0.736. The minimum atomic E-state index is 0.620. The van der Waals surface area contributed by atoms with Crippen molar-refractivity contribution < 1.29 is 4.74 Å². The van der Waals surface area contributed by atoms with E-state index in [1.807, 2.05) is 24.3 Å². The molecule has 1 aromatic rings. The van der Waals surface area contributed by atoms with Crippen molar-refractivity contribution in [3.05, 3.63) is 29.3 Å². The number of ether oxygens (including phenoxy) is 1. The van der Waals surface area contributed by atoms with Gasteiger partial charge in [0.25, 0.3) is 5.23 Å². The van der Waals surface area contributed by atoms with Crippen LogP contribution < -0.4 is 0 Å². The topological polar surface area (TPSA) is 21.6 Å². The summed E-state index contributed by atoms with van der Waals surface area (Å²) in [5, 5.41) is 1.25. The molecular weight excluding hydrogens is 250 g/mol. The molecule has 0 unspecified atom stereocenters. The zero-order valence-electron chi connectivity index (χ0n) is 8.57. The third-order valence-electron chi connectivity index (χ3n) is 1.49. The average molecular weight is 262 g/mol. The van der Waals surface area contributed by atoms with Crippen LogP contribution >= 0.6 is 33.2 Å². The largest absolute Gasteiger partial charge is 0.476 e. The van der Waals surface area contributed by atoms with Crippen molar-refractivity contribution in [3.8, 4) is 0 Å². The number of hydrogen-bond donors (Lipinski definition) is 0. The van der Waals surface area contributed by atoms with Crippen molar-refractivity contribution in [2.45, 2.75) is 6.92 Å². The summed E-state index contributed by atoms with van der Waals surface area (Å²) in [5.74, 6) is 1.01. The molecule has 0 saturated carbocycles. The van der Waals surface area contributed by atoms with Crippen LogP contribution in [0, 0.1) is 0 Å². The van der Waals surface area contributed by atoms with E-state index in [4.69, 9.17) is 16.3 Å². The molecule has 82 valence electrons. The van der Waals surface area contributed by atoms with Gasteiger partial charge >= 0.3 is 0 Å². The SMILES string of the molecule is CCSSC(=Nc1ccccc1Cl)OC. The minimum Gasteiger partial charge on any atom is -0.476 e. The van der Waals surface area contributed by atoms with Gasteiger partial charge in [-0.15, -0.1) is 0 Å². The maximum atomic E-state index is 5.98. The van der Waals surface area contributed by atoms with Crippen LogP contribution in [0.4, 0.5) is 5.69 Å². The predicted octanol–water partition coefficient (Wildman–Crippen LogP) is 4.38. The quantitative estimate of drug-likeness (QED) is 0.458. The Hall–Kier alpha value is -0.320. The fraction of sp³-hybridized carbons (Fsp3) is 0.300. The van der Waals surface area contributed by atoms with Crippen LogP contribution in [0.5, 0.6) is 0 Å². The molecule has 1 aromatic carbocycles. The van der Waals surface area contributed by atoms with Gasteiger partial charge in [0, 0.05) is 16.5 Å². The molecule has 0 fully saturated rings. The van der Waals surface area contributed by atoms with Crippen LogP contribution in [0.3, 0.4) is 0 Å². The molecule has 0 aliphatic rings. The molecule has 15 heavy (non-hydrogen) atoms. The molecule has 0 radical (unpaired) electrons. The number of nitrogens with zero attached hydrogens (tertiary/aromatic N) is 1. The van der Waals surface area contributed by atoms with E-state index in [1.165, 1.54) is 10.8 Å². The van der Waals surface area contributed by atoms with Crippen LogP contribution in [-0.2, 0) is 4.74 Å². The monoisotopic (exact) mass is 261 g/mol. The second-order valence-electron chi connectivity index (χ2n) is 2.52. The van der Waals surface area contributed by atoms with Crippen LogP contribution in [0.2, 0.25) is 5.02 Å². The first-order valence-corrected chi connectivity index (χ1v) is 7.14. The Morgan fingerprint density at radius 1 is 1.47 bits per heavy atom. The van der Waals surface area contributed by atoms with E-state index in [-0.39, 0.29) is 0 Å². The van der Waals surface area contributed by atoms with E-state index in [0.29, 0.717) is 10.3 Å². The smallest absolute Gasteiger partial charge is 0.261 e. The van der Waals surface area contributed by atoms with Crippen LogP contribution in [0.15, 0.2) is 29.3 Å². The highest BCUT2D eigenvalue weighted by molar-refractivity contribution is 8.82. The van der Waals surface area contributed by atoms with Crippen molar-refractivity contribution in [1.29, 1.82) is 0 Å². The van der Waals surface area contributed by atoms with Crippen LogP contribution in [0.1, 0.15) is 6.92 Å². The van der Waals surface area contributed by atoms with Gasteiger partial charge in [0.2, 0.25) is 0 Å². The fourth-order valence-corrected chi connectivity index (χ4v) is 2.42. The zero-order chi connectivity index (χ0) is 11.1. The Morgan fingerprint density at radius 3 is 2.80 bits per heavy atom. The summed E-state index contributed by atoms with van der Waals surface area (Å²) >= 11 is 5.98. The van der Waals surface area contributed by atoms with Crippen molar-refractivity contribution >= 4 is 44.1 Å². The normalized spacial score (nSPS) is 11.5. The van der Waals surface area contributed by atoms with Gasteiger partial charge in [0.15, 0.2) is 0 Å². The molecule has 0 N–H and O–H groups in total. The van der Waals surface area contributed by atoms with Crippen LogP contribution in [0.25, 0.3) is 0 Å². The van der Waals surface area contributed by atoms with Crippen molar-refractivity contribution in [2.24, 2.45) is 4.99 Å². The highest BCUT2D eigenvalue weighted by Gasteiger charge is 2.02. The second kappa shape index (κ2) is 7.04. The summed E-state index contributed by atoms with van der Waals surface area (Å²) in [7, 11) is 4.80. The molecule has 0 aliphatic heterocycles. The van der Waals surface area contributed by atoms with Gasteiger partial charge in [0.1, 0.15) is 0 Å². The Kier molecular flexibility index (Phi) is 5.98. The number of hydrogen-bond acceptors (Lipinski definition) is 4. The third kappa shape index (κ3) is 4.36. The molecule has 1 rings (SSSR count). The number of aliphatic imine (C=N–C) groups is 1. The Labute approximate surface area is 103 Å². The average Bonchev–Trinajstić information content (AvgIpc) is 2.26. The lowest BCUT2D eigenvalue weighted by Crippen LogP contribution is -1.92. The summed E-state index contributed by atoms with van der Waals surface area (Å²) in [6, 6.07) is 7.45. The number of halogens is 1. The van der Waals surface area contributed by atoms with E-state index in [0.717, 1.165) is 11.4 Å². The number of benzene rings is 1. The summed E-state index contributed by atoms with van der Waals surface area (Å²) in [4.78, 5) is 4.32. The zero-order valence-corrected chi connectivity index (χ0v) is 11.0. The number of rotatable bonds is 3. The first-order chi connectivity index (χ1) is 7.27. The first-order valence-electron chi connectivity index (χ1n) is 4.44. The van der Waals surface area contributed by atoms with Gasteiger partial charge in [0.05, 0.1) is 17.8 Å². The molecule has 0 amide bonds. The lowest BCUT2D eigenvalue weighted by atomic mass is 10.3. The van der Waals surface area contributed by atoms with E-state index in [2.05, 4.69) is 11.9 Å². The van der Waals surface area contributed by atoms with Crippen LogP contribution in [-0.4, -0.2) is 18.1 Å². The first kappa shape index (κ1) is 12.7. The van der Waals surface area contributed by atoms with Gasteiger partial charge in [-0.25, -0.2) is 4.99 Å². The molecule has 0 heterocycles. The van der Waals surface area contributed by atoms with Gasteiger partial charge in [-0.1, -0.05) is 41.5 Å². The summed E-state index contributed by atoms with van der Waals surface area (Å²) < 4.78 is 5.14. The number of methoxy groups -OCH3 is 1. The van der Waals surface area contributed by atoms with Crippen molar-refractivity contribution in [1.82, 2.24) is 0 Å². The van der Waals surface area contributed by atoms with Crippen molar-refractivity contribution in [2.75, 3.05) is 12.9 Å². The molecular formula is C10H12ClNOS2. The molecule has 0 aliphatic carbocycles. The molecule has 0 spiro atoms. The highest BCUT2D eigenvalue weighted by atomic mass is 35.5. The lowest BCUT2D eigenvalue weighted by Gasteiger charge is -2.03. The van der Waals surface area contributed by atoms with Gasteiger partial charge in [-0.2, -0.15) is 0 Å². The Balaban J connectivity index is 2.78. The maximum Gasteiger partial charge on any atom is 0.261 e. The van der Waals surface area contributed by atoms with Gasteiger partial charge < -0.3 is 4.74 Å². The van der Waals surface area contributed by atoms with Gasteiger partial charge in [-0.05, 0) is 12.1 Å². The van der Waals surface area contributed by atoms with E-state index < -0.39 is 0 Å². The predicted molar refractivity (Wildman–Crippen MR) is 71.3 cm³/mol. The summed E-state index contributed by atoms with van der Waals surface area (Å²) in [6.07, 6.45) is 0. The molecule has 0 saturated heterocycles. The third-order valence-corrected chi connectivity index (χ3v) is 4.05. The number of para-hydroxylation sites is 1. The highest BCUT2D eigenvalue weighted by Crippen LogP contribution is 2.29. The van der Waals surface area contributed by atoms with Gasteiger partial charge in [-0.3, -0.25) is 0 Å². The second-order valence-corrected chi connectivity index (χ2v) is 5.47. The summed E-state index contributed by atoms with van der Waals surface area (Å²) in [6.45, 7) is 2.08. The maximum absolute atomic E-state index is 5.98. The minimum absolute atomic E-state index is 0.620. The standard InChI is InChI=1S/C10H12ClNOS2/c1-3-14-15-10(13-2)12-9-7-5-4-6-8(9)11/h4-7H,3H2,1-2H3. The molecule has 0 atom stereocenters. The molecule has 0 aromatic heterocycles. The Morgan fingerprint density at radius 2 is 2.20 bits per heavy atom. The molecule has 0 bridgehead atoms. The van der Waals surface area contributed by atoms with E-state index in [9.17, 15) is 0 Å². The Bertz CT molecular complexity index is 344. The van der Waals surface area contributed by atoms with E-state index >= 15 is 0 Å². The van der Waals surface area contributed by atoms with Crippen molar-refractivity contribution in [3.63, 3.8) is 0 Å². The molecule has 2 nitrogen and oxygen atoms in total. The lowest BCUT2D eigenvalue weighted by molar-refractivity contribution is 0.417. The fourth-order valence-electron chi connectivity index (χ4n) is 0.848.